The highest BCUT2D eigenvalue weighted by molar-refractivity contribution is 5.95. The van der Waals surface area contributed by atoms with Crippen molar-refractivity contribution < 1.29 is 14.0 Å². The van der Waals surface area contributed by atoms with E-state index in [2.05, 4.69) is 15.5 Å². The van der Waals surface area contributed by atoms with Crippen LogP contribution in [0.4, 0.5) is 10.5 Å². The van der Waals surface area contributed by atoms with Crippen LogP contribution < -0.4 is 10.6 Å². The first-order chi connectivity index (χ1) is 12.6. The van der Waals surface area contributed by atoms with Crippen molar-refractivity contribution in [3.8, 4) is 0 Å². The molecule has 1 aliphatic rings. The molecule has 6 nitrogen and oxygen atoms in total. The molecule has 1 aromatic heterocycles. The lowest BCUT2D eigenvalue weighted by atomic mass is 9.98. The highest BCUT2D eigenvalue weighted by Gasteiger charge is 2.21. The highest BCUT2D eigenvalue weighted by Crippen LogP contribution is 2.18. The topological polar surface area (TPSA) is 74.6 Å². The van der Waals surface area contributed by atoms with E-state index in [1.165, 1.54) is 6.92 Å². The van der Waals surface area contributed by atoms with E-state index in [1.54, 1.807) is 30.5 Å². The van der Waals surface area contributed by atoms with Gasteiger partial charge in [-0.3, -0.25) is 9.69 Å². The van der Waals surface area contributed by atoms with Gasteiger partial charge >= 0.3 is 6.03 Å². The molecule has 0 spiro atoms. The van der Waals surface area contributed by atoms with E-state index >= 15 is 0 Å². The Balaban J connectivity index is 1.42. The predicted octanol–water partition coefficient (Wildman–Crippen LogP) is 3.52. The Morgan fingerprint density at radius 1 is 1.23 bits per heavy atom. The Hall–Kier alpha value is -2.60. The summed E-state index contributed by atoms with van der Waals surface area (Å²) in [7, 11) is 0. The number of benzene rings is 1. The molecule has 1 aliphatic heterocycles. The highest BCUT2D eigenvalue weighted by atomic mass is 16.3. The molecule has 26 heavy (non-hydrogen) atoms. The molecule has 2 N–H and O–H groups in total. The third-order valence-corrected chi connectivity index (χ3v) is 4.66. The number of nitrogens with one attached hydrogen (secondary N) is 2. The van der Waals surface area contributed by atoms with E-state index in [9.17, 15) is 9.59 Å². The largest absolute Gasteiger partial charge is 0.468 e. The molecule has 138 valence electrons. The lowest BCUT2D eigenvalue weighted by molar-refractivity contribution is 0.101. The molecule has 0 saturated carbocycles. The number of Topliss-reactive ketones (excluding diaryl/α,β-unsaturated/α-hetero) is 1. The Bertz CT molecular complexity index is 725. The second kappa shape index (κ2) is 8.67. The van der Waals surface area contributed by atoms with Gasteiger partial charge in [-0.05, 0) is 68.6 Å². The quantitative estimate of drug-likeness (QED) is 0.778. The molecule has 0 unspecified atom stereocenters. The molecular formula is C20H25N3O3. The Morgan fingerprint density at radius 3 is 2.73 bits per heavy atom. The number of carbonyl (C=O) groups excluding carboxylic acids is 2. The minimum Gasteiger partial charge on any atom is -0.468 e. The second-order valence-corrected chi connectivity index (χ2v) is 6.79. The minimum atomic E-state index is -0.219. The zero-order valence-electron chi connectivity index (χ0n) is 15.0. The summed E-state index contributed by atoms with van der Waals surface area (Å²) in [5.41, 5.74) is 1.31. The summed E-state index contributed by atoms with van der Waals surface area (Å²) in [5.74, 6) is 1.42. The molecule has 2 aromatic rings. The van der Waals surface area contributed by atoms with Gasteiger partial charge in [0.1, 0.15) is 5.76 Å². The average molecular weight is 355 g/mol. The van der Waals surface area contributed by atoms with Crippen molar-refractivity contribution in [2.75, 3.05) is 25.0 Å². The number of urea groups is 1. The zero-order valence-corrected chi connectivity index (χ0v) is 15.0. The molecular weight excluding hydrogens is 330 g/mol. The normalized spacial score (nSPS) is 17.7. The number of likely N-dealkylation sites (tertiary alicyclic amines) is 1. The van der Waals surface area contributed by atoms with Gasteiger partial charge in [0.05, 0.1) is 12.8 Å². The van der Waals surface area contributed by atoms with Crippen LogP contribution >= 0.6 is 0 Å². The summed E-state index contributed by atoms with van der Waals surface area (Å²) in [4.78, 5) is 25.7. The van der Waals surface area contributed by atoms with E-state index in [0.717, 1.165) is 38.2 Å². The lowest BCUT2D eigenvalue weighted by Gasteiger charge is -2.32. The van der Waals surface area contributed by atoms with Crippen LogP contribution in [0.1, 0.15) is 35.9 Å². The molecule has 1 saturated heterocycles. The number of ketones is 1. The molecule has 0 aliphatic carbocycles. The van der Waals surface area contributed by atoms with Crippen molar-refractivity contribution in [3.05, 3.63) is 54.0 Å². The number of anilines is 1. The van der Waals surface area contributed by atoms with Gasteiger partial charge in [-0.15, -0.1) is 0 Å². The molecule has 3 rings (SSSR count). The van der Waals surface area contributed by atoms with Crippen LogP contribution in [0.25, 0.3) is 0 Å². The molecule has 2 heterocycles. The summed E-state index contributed by atoms with van der Waals surface area (Å²) in [6, 6.07) is 10.6. The Morgan fingerprint density at radius 2 is 2.04 bits per heavy atom. The maximum atomic E-state index is 12.1. The van der Waals surface area contributed by atoms with Crippen LogP contribution in [-0.4, -0.2) is 36.3 Å². The van der Waals surface area contributed by atoms with Gasteiger partial charge in [-0.2, -0.15) is 0 Å². The number of rotatable bonds is 6. The fraction of sp³-hybridized carbons (Fsp3) is 0.400. The van der Waals surface area contributed by atoms with Crippen molar-refractivity contribution in [2.45, 2.75) is 26.3 Å². The maximum Gasteiger partial charge on any atom is 0.319 e. The van der Waals surface area contributed by atoms with E-state index in [-0.39, 0.29) is 11.8 Å². The third kappa shape index (κ3) is 5.20. The molecule has 1 fully saturated rings. The summed E-state index contributed by atoms with van der Waals surface area (Å²) in [6.45, 7) is 5.00. The van der Waals surface area contributed by atoms with Gasteiger partial charge in [0.15, 0.2) is 5.78 Å². The predicted molar refractivity (Wildman–Crippen MR) is 100 cm³/mol. The summed E-state index contributed by atoms with van der Waals surface area (Å²) >= 11 is 0. The number of amides is 2. The van der Waals surface area contributed by atoms with Gasteiger partial charge in [0, 0.05) is 24.3 Å². The van der Waals surface area contributed by atoms with Crippen molar-refractivity contribution in [1.82, 2.24) is 10.2 Å². The zero-order chi connectivity index (χ0) is 18.4. The van der Waals surface area contributed by atoms with Crippen LogP contribution in [0.15, 0.2) is 47.1 Å². The Labute approximate surface area is 153 Å². The van der Waals surface area contributed by atoms with Crippen LogP contribution in [0.2, 0.25) is 0 Å². The SMILES string of the molecule is CC(=O)c1ccc(NC(=O)NC[C@@H]2CCCN(Cc3ccco3)C2)cc1. The number of carbonyl (C=O) groups is 2. The van der Waals surface area contributed by atoms with Crippen molar-refractivity contribution in [3.63, 3.8) is 0 Å². The standard InChI is InChI=1S/C20H25N3O3/c1-15(24)17-6-8-18(9-7-17)22-20(25)21-12-16-4-2-10-23(13-16)14-19-5-3-11-26-19/h3,5-9,11,16H,2,4,10,12-14H2,1H3,(H2,21,22,25)/t16-/m0/s1. The lowest BCUT2D eigenvalue weighted by Crippen LogP contribution is -2.41. The summed E-state index contributed by atoms with van der Waals surface area (Å²) in [6.07, 6.45) is 3.94. The maximum absolute atomic E-state index is 12.1. The van der Waals surface area contributed by atoms with Gasteiger partial charge in [-0.1, -0.05) is 0 Å². The number of furan rings is 1. The van der Waals surface area contributed by atoms with Crippen molar-refractivity contribution in [1.29, 1.82) is 0 Å². The first-order valence-electron chi connectivity index (χ1n) is 9.01. The fourth-order valence-corrected chi connectivity index (χ4v) is 3.29. The molecule has 1 aromatic carbocycles. The minimum absolute atomic E-state index is 0.0115. The average Bonchev–Trinajstić information content (AvgIpc) is 3.14. The molecule has 2 amide bonds. The smallest absolute Gasteiger partial charge is 0.319 e. The first kappa shape index (κ1) is 18.2. The van der Waals surface area contributed by atoms with Crippen molar-refractivity contribution in [2.24, 2.45) is 5.92 Å². The van der Waals surface area contributed by atoms with Gasteiger partial charge < -0.3 is 15.1 Å². The number of nitrogens with zero attached hydrogens (tertiary/aromatic N) is 1. The van der Waals surface area contributed by atoms with Crippen molar-refractivity contribution >= 4 is 17.5 Å². The molecule has 0 bridgehead atoms. The van der Waals surface area contributed by atoms with Crippen LogP contribution in [-0.2, 0) is 6.54 Å². The summed E-state index contributed by atoms with van der Waals surface area (Å²) in [5, 5.41) is 5.76. The van der Waals surface area contributed by atoms with E-state index in [4.69, 9.17) is 4.42 Å². The number of hydrogen-bond acceptors (Lipinski definition) is 4. The molecule has 1 atom stereocenters. The van der Waals surface area contributed by atoms with Gasteiger partial charge in [0.2, 0.25) is 0 Å². The van der Waals surface area contributed by atoms with E-state index in [1.807, 2.05) is 12.1 Å². The number of hydrogen-bond donors (Lipinski definition) is 2. The molecule has 0 radical (unpaired) electrons. The van der Waals surface area contributed by atoms with Crippen LogP contribution in [0, 0.1) is 5.92 Å². The molecule has 6 heteroatoms. The Kier molecular flexibility index (Phi) is 6.07. The van der Waals surface area contributed by atoms with Crippen LogP contribution in [0.5, 0.6) is 0 Å². The second-order valence-electron chi connectivity index (χ2n) is 6.79. The van der Waals surface area contributed by atoms with E-state index in [0.29, 0.717) is 23.7 Å². The first-order valence-corrected chi connectivity index (χ1v) is 9.01. The number of piperidine rings is 1. The summed E-state index contributed by atoms with van der Waals surface area (Å²) < 4.78 is 5.42. The van der Waals surface area contributed by atoms with Gasteiger partial charge in [0.25, 0.3) is 0 Å². The van der Waals surface area contributed by atoms with Gasteiger partial charge in [-0.25, -0.2) is 4.79 Å². The fourth-order valence-electron chi connectivity index (χ4n) is 3.29. The monoisotopic (exact) mass is 355 g/mol. The van der Waals surface area contributed by atoms with E-state index < -0.39 is 0 Å². The third-order valence-electron chi connectivity index (χ3n) is 4.66. The van der Waals surface area contributed by atoms with Crippen LogP contribution in [0.3, 0.4) is 0 Å².